The molecule has 0 saturated heterocycles. The molecule has 164 valence electrons. The van der Waals surface area contributed by atoms with Crippen molar-refractivity contribution < 1.29 is 4.57 Å². The fourth-order valence-electron chi connectivity index (χ4n) is 4.90. The minimum absolute atomic E-state index is 0.791. The highest BCUT2D eigenvalue weighted by Gasteiger charge is 2.30. The molecule has 0 saturated carbocycles. The van der Waals surface area contributed by atoms with Crippen LogP contribution in [-0.4, -0.2) is 4.57 Å². The average molecular weight is 458 g/mol. The normalized spacial score (nSPS) is 11.8. The fraction of sp³-hybridized carbons (Fsp3) is 0.0323. The van der Waals surface area contributed by atoms with E-state index in [2.05, 4.69) is 71.3 Å². The molecule has 0 bridgehead atoms. The van der Waals surface area contributed by atoms with Crippen molar-refractivity contribution in [2.45, 2.75) is 6.54 Å². The first-order valence-corrected chi connectivity index (χ1v) is 13.2. The third-order valence-electron chi connectivity index (χ3n) is 6.54. The second kappa shape index (κ2) is 8.48. The lowest BCUT2D eigenvalue weighted by atomic mass is 10.1. The lowest BCUT2D eigenvalue weighted by molar-refractivity contribution is 0.592. The maximum atomic E-state index is 14.9. The molecule has 0 aliphatic rings. The predicted molar refractivity (Wildman–Crippen MR) is 144 cm³/mol. The van der Waals surface area contributed by atoms with Crippen molar-refractivity contribution in [2.75, 3.05) is 0 Å². The van der Waals surface area contributed by atoms with Gasteiger partial charge in [-0.3, -0.25) is 0 Å². The Balaban J connectivity index is 1.60. The van der Waals surface area contributed by atoms with Crippen molar-refractivity contribution in [1.82, 2.24) is 4.57 Å². The average Bonchev–Trinajstić information content (AvgIpc) is 3.23. The van der Waals surface area contributed by atoms with Gasteiger partial charge in [0, 0.05) is 44.3 Å². The summed E-state index contributed by atoms with van der Waals surface area (Å²) in [6.45, 7) is 0.791. The minimum atomic E-state index is -3.03. The number of para-hydroxylation sites is 1. The highest BCUT2D eigenvalue weighted by atomic mass is 31.2. The predicted octanol–water partition coefficient (Wildman–Crippen LogP) is 6.48. The second-order valence-electron chi connectivity index (χ2n) is 8.57. The van der Waals surface area contributed by atoms with Crippen LogP contribution in [0.15, 0.2) is 133 Å². The summed E-state index contributed by atoms with van der Waals surface area (Å²) in [4.78, 5) is 0. The van der Waals surface area contributed by atoms with E-state index in [0.29, 0.717) is 0 Å². The number of hydrogen-bond donors (Lipinski definition) is 0. The molecule has 0 aliphatic carbocycles. The van der Waals surface area contributed by atoms with E-state index in [9.17, 15) is 4.57 Å². The summed E-state index contributed by atoms with van der Waals surface area (Å²) in [6, 6.07) is 45.1. The van der Waals surface area contributed by atoms with Crippen molar-refractivity contribution >= 4 is 44.9 Å². The largest absolute Gasteiger partial charge is 0.336 e. The molecule has 5 aromatic carbocycles. The van der Waals surface area contributed by atoms with Gasteiger partial charge in [0.15, 0.2) is 7.14 Å². The Morgan fingerprint density at radius 3 is 1.68 bits per heavy atom. The van der Waals surface area contributed by atoms with Gasteiger partial charge >= 0.3 is 0 Å². The van der Waals surface area contributed by atoms with Crippen LogP contribution in [0.2, 0.25) is 0 Å². The van der Waals surface area contributed by atoms with Crippen molar-refractivity contribution in [3.63, 3.8) is 0 Å². The van der Waals surface area contributed by atoms with Gasteiger partial charge in [0.05, 0.1) is 0 Å². The van der Waals surface area contributed by atoms with Gasteiger partial charge in [-0.25, -0.2) is 0 Å². The number of fused-ring (bicyclic) bond motifs is 3. The van der Waals surface area contributed by atoms with Crippen molar-refractivity contribution in [3.8, 4) is 0 Å². The van der Waals surface area contributed by atoms with Crippen LogP contribution in [-0.2, 0) is 11.1 Å². The highest BCUT2D eigenvalue weighted by Crippen LogP contribution is 2.43. The first-order chi connectivity index (χ1) is 16.7. The first-order valence-electron chi connectivity index (χ1n) is 11.5. The van der Waals surface area contributed by atoms with Crippen LogP contribution in [0.3, 0.4) is 0 Å². The topological polar surface area (TPSA) is 22.0 Å². The molecule has 0 amide bonds. The summed E-state index contributed by atoms with van der Waals surface area (Å²) in [7, 11) is -3.03. The van der Waals surface area contributed by atoms with Crippen LogP contribution in [0.4, 0.5) is 0 Å². The molecule has 1 aromatic heterocycles. The summed E-state index contributed by atoms with van der Waals surface area (Å²) in [5, 5.41) is 4.89. The number of hydrogen-bond acceptors (Lipinski definition) is 1. The van der Waals surface area contributed by atoms with E-state index in [0.717, 1.165) is 33.4 Å². The Kier molecular flexibility index (Phi) is 5.17. The third-order valence-corrected chi connectivity index (χ3v) is 9.60. The lowest BCUT2D eigenvalue weighted by Crippen LogP contribution is -2.24. The molecular formula is C31H24NOP. The van der Waals surface area contributed by atoms with E-state index in [4.69, 9.17) is 0 Å². The van der Waals surface area contributed by atoms with Crippen LogP contribution in [0.1, 0.15) is 5.56 Å². The summed E-state index contributed by atoms with van der Waals surface area (Å²) >= 11 is 0. The second-order valence-corrected chi connectivity index (χ2v) is 11.3. The van der Waals surface area contributed by atoms with Gasteiger partial charge in [-0.1, -0.05) is 109 Å². The smallest absolute Gasteiger partial charge is 0.171 e. The lowest BCUT2D eigenvalue weighted by Gasteiger charge is -2.20. The van der Waals surface area contributed by atoms with Crippen molar-refractivity contribution in [2.24, 2.45) is 0 Å². The monoisotopic (exact) mass is 457 g/mol. The molecule has 0 radical (unpaired) electrons. The summed E-state index contributed by atoms with van der Waals surface area (Å²) in [5.41, 5.74) is 3.60. The Bertz CT molecular complexity index is 1590. The van der Waals surface area contributed by atoms with Gasteiger partial charge in [-0.2, -0.15) is 0 Å². The van der Waals surface area contributed by atoms with E-state index in [1.165, 1.54) is 16.5 Å². The van der Waals surface area contributed by atoms with E-state index < -0.39 is 7.14 Å². The third kappa shape index (κ3) is 3.39. The van der Waals surface area contributed by atoms with Gasteiger partial charge in [0.2, 0.25) is 0 Å². The Morgan fingerprint density at radius 1 is 0.500 bits per heavy atom. The quantitative estimate of drug-likeness (QED) is 0.272. The SMILES string of the molecule is O=P(c1ccccc1)(c1ccccc1)c1ccc2c(c1)c1ccccc1n2Cc1ccccc1. The standard InChI is InChI=1S/C31H24NOP/c33-34(25-14-6-2-7-15-25,26-16-8-3-9-17-26)27-20-21-31-29(22-27)28-18-10-11-19-30(28)32(31)23-24-12-4-1-5-13-24/h1-22H,23H2. The number of benzene rings is 5. The molecule has 0 fully saturated rings. The van der Waals surface area contributed by atoms with Gasteiger partial charge < -0.3 is 9.13 Å². The number of nitrogens with zero attached hydrogens (tertiary/aromatic N) is 1. The Labute approximate surface area is 199 Å². The van der Waals surface area contributed by atoms with Crippen LogP contribution >= 0.6 is 7.14 Å². The Hall–Kier alpha value is -3.87. The maximum Gasteiger partial charge on any atom is 0.171 e. The molecule has 0 N–H and O–H groups in total. The zero-order valence-corrected chi connectivity index (χ0v) is 19.6. The van der Waals surface area contributed by atoms with Gasteiger partial charge in [0.25, 0.3) is 0 Å². The first kappa shape index (κ1) is 20.7. The zero-order chi connectivity index (χ0) is 23.0. The molecule has 0 unspecified atom stereocenters. The van der Waals surface area contributed by atoms with Crippen LogP contribution in [0.25, 0.3) is 21.8 Å². The molecule has 6 aromatic rings. The molecule has 34 heavy (non-hydrogen) atoms. The van der Waals surface area contributed by atoms with E-state index in [1.54, 1.807) is 0 Å². The van der Waals surface area contributed by atoms with Crippen molar-refractivity contribution in [3.05, 3.63) is 139 Å². The van der Waals surface area contributed by atoms with Gasteiger partial charge in [0.1, 0.15) is 0 Å². The molecule has 6 rings (SSSR count). The molecule has 0 aliphatic heterocycles. The summed E-state index contributed by atoms with van der Waals surface area (Å²) < 4.78 is 17.2. The van der Waals surface area contributed by atoms with Crippen LogP contribution in [0.5, 0.6) is 0 Å². The van der Waals surface area contributed by atoms with Gasteiger partial charge in [-0.15, -0.1) is 0 Å². The summed E-state index contributed by atoms with van der Waals surface area (Å²) in [5.74, 6) is 0. The molecule has 3 heteroatoms. The highest BCUT2D eigenvalue weighted by molar-refractivity contribution is 7.85. The van der Waals surface area contributed by atoms with Crippen LogP contribution in [0, 0.1) is 0 Å². The minimum Gasteiger partial charge on any atom is -0.336 e. The number of aromatic nitrogens is 1. The molecule has 0 spiro atoms. The van der Waals surface area contributed by atoms with Crippen LogP contribution < -0.4 is 15.9 Å². The maximum absolute atomic E-state index is 14.9. The van der Waals surface area contributed by atoms with E-state index >= 15 is 0 Å². The molecule has 0 atom stereocenters. The fourth-order valence-corrected chi connectivity index (χ4v) is 7.57. The van der Waals surface area contributed by atoms with E-state index in [-0.39, 0.29) is 0 Å². The molecule has 2 nitrogen and oxygen atoms in total. The number of rotatable bonds is 5. The van der Waals surface area contributed by atoms with Crippen molar-refractivity contribution in [1.29, 1.82) is 0 Å². The van der Waals surface area contributed by atoms with Gasteiger partial charge in [-0.05, 0) is 29.8 Å². The summed E-state index contributed by atoms with van der Waals surface area (Å²) in [6.07, 6.45) is 0. The molecule has 1 heterocycles. The van der Waals surface area contributed by atoms with E-state index in [1.807, 2.05) is 66.7 Å². The molecular weight excluding hydrogens is 433 g/mol. The Morgan fingerprint density at radius 2 is 1.03 bits per heavy atom. The zero-order valence-electron chi connectivity index (χ0n) is 18.7.